The molecule has 3 rings (SSSR count). The molecule has 146 valence electrons. The number of pyridine rings is 1. The molecular formula is C18H24N4O4S. The molecule has 1 unspecified atom stereocenters. The largest absolute Gasteiger partial charge is 0.348 e. The number of hydrogen-bond acceptors (Lipinski definition) is 5. The van der Waals surface area contributed by atoms with Gasteiger partial charge in [-0.3, -0.25) is 9.59 Å². The molecule has 1 atom stereocenters. The van der Waals surface area contributed by atoms with Crippen molar-refractivity contribution >= 4 is 26.8 Å². The van der Waals surface area contributed by atoms with Crippen molar-refractivity contribution in [3.8, 4) is 0 Å². The number of rotatable bonds is 6. The number of nitrogens with one attached hydrogen (secondary N) is 3. The summed E-state index contributed by atoms with van der Waals surface area (Å²) < 4.78 is 27.0. The second-order valence-electron chi connectivity index (χ2n) is 6.51. The van der Waals surface area contributed by atoms with E-state index in [-0.39, 0.29) is 22.4 Å². The highest BCUT2D eigenvalue weighted by molar-refractivity contribution is 7.89. The summed E-state index contributed by atoms with van der Waals surface area (Å²) >= 11 is 0. The summed E-state index contributed by atoms with van der Waals surface area (Å²) in [5.41, 5.74) is 0.199. The molecular weight excluding hydrogens is 368 g/mol. The topological polar surface area (TPSA) is 111 Å². The van der Waals surface area contributed by atoms with E-state index in [1.807, 2.05) is 0 Å². The number of aromatic nitrogens is 1. The Morgan fingerprint density at radius 3 is 2.63 bits per heavy atom. The number of carbonyl (C=O) groups excluding carboxylic acids is 1. The van der Waals surface area contributed by atoms with Crippen LogP contribution in [0.5, 0.6) is 0 Å². The van der Waals surface area contributed by atoms with Crippen molar-refractivity contribution in [3.63, 3.8) is 0 Å². The summed E-state index contributed by atoms with van der Waals surface area (Å²) in [4.78, 5) is 27.4. The minimum absolute atomic E-state index is 0.00516. The van der Waals surface area contributed by atoms with Gasteiger partial charge in [-0.05, 0) is 31.2 Å². The molecule has 0 spiro atoms. The van der Waals surface area contributed by atoms with Gasteiger partial charge >= 0.3 is 0 Å². The second kappa shape index (κ2) is 7.79. The van der Waals surface area contributed by atoms with Gasteiger partial charge in [0.1, 0.15) is 0 Å². The first-order valence-corrected chi connectivity index (χ1v) is 10.5. The van der Waals surface area contributed by atoms with E-state index in [1.54, 1.807) is 13.8 Å². The van der Waals surface area contributed by atoms with Gasteiger partial charge in [0.05, 0.1) is 10.5 Å². The summed E-state index contributed by atoms with van der Waals surface area (Å²) in [6.45, 7) is 5.75. The number of amides is 1. The molecule has 1 aromatic heterocycles. The predicted molar refractivity (Wildman–Crippen MR) is 103 cm³/mol. The normalized spacial score (nSPS) is 17.5. The first-order chi connectivity index (χ1) is 12.9. The molecule has 8 nitrogen and oxygen atoms in total. The zero-order valence-corrected chi connectivity index (χ0v) is 16.2. The second-order valence-corrected chi connectivity index (χ2v) is 8.45. The summed E-state index contributed by atoms with van der Waals surface area (Å²) in [6.07, 6.45) is 0.814. The summed E-state index contributed by atoms with van der Waals surface area (Å²) in [5.74, 6) is -0.378. The van der Waals surface area contributed by atoms with E-state index in [0.717, 1.165) is 13.0 Å². The Bertz CT molecular complexity index is 1010. The average Bonchev–Trinajstić information content (AvgIpc) is 3.14. The lowest BCUT2D eigenvalue weighted by molar-refractivity contribution is 0.0941. The predicted octanol–water partition coefficient (Wildman–Crippen LogP) is 0.650. The van der Waals surface area contributed by atoms with Crippen molar-refractivity contribution in [1.29, 1.82) is 0 Å². The van der Waals surface area contributed by atoms with Gasteiger partial charge in [-0.15, -0.1) is 0 Å². The van der Waals surface area contributed by atoms with Crippen LogP contribution in [0.25, 0.3) is 10.9 Å². The van der Waals surface area contributed by atoms with Gasteiger partial charge in [0, 0.05) is 42.6 Å². The number of carbonyl (C=O) groups is 1. The van der Waals surface area contributed by atoms with Crippen molar-refractivity contribution in [2.45, 2.75) is 31.2 Å². The molecule has 0 saturated carbocycles. The molecule has 0 aliphatic carbocycles. The lowest BCUT2D eigenvalue weighted by Gasteiger charge is -2.19. The fourth-order valence-corrected chi connectivity index (χ4v) is 4.82. The number of aromatic amines is 1. The first-order valence-electron chi connectivity index (χ1n) is 9.05. The van der Waals surface area contributed by atoms with Crippen LogP contribution in [0.4, 0.5) is 0 Å². The highest BCUT2D eigenvalue weighted by atomic mass is 32.2. The van der Waals surface area contributed by atoms with E-state index in [4.69, 9.17) is 0 Å². The number of H-pyrrole nitrogens is 1. The van der Waals surface area contributed by atoms with Crippen molar-refractivity contribution in [2.75, 3.05) is 26.2 Å². The molecule has 1 amide bonds. The molecule has 1 aliphatic rings. The number of benzene rings is 1. The molecule has 1 aromatic carbocycles. The molecule has 2 heterocycles. The minimum Gasteiger partial charge on any atom is -0.348 e. The lowest BCUT2D eigenvalue weighted by atomic mass is 10.1. The SMILES string of the molecule is CCN(CC)S(=O)(=O)c1ccc2[nH]c(=O)cc(C(=O)NC3CCNC3)c2c1. The maximum atomic E-state index is 12.8. The fourth-order valence-electron chi connectivity index (χ4n) is 3.33. The molecule has 1 aliphatic heterocycles. The highest BCUT2D eigenvalue weighted by Gasteiger charge is 2.24. The zero-order chi connectivity index (χ0) is 19.6. The van der Waals surface area contributed by atoms with Gasteiger partial charge in [0.15, 0.2) is 0 Å². The van der Waals surface area contributed by atoms with Gasteiger partial charge in [-0.1, -0.05) is 13.8 Å². The van der Waals surface area contributed by atoms with Crippen LogP contribution in [0, 0.1) is 0 Å². The Labute approximate surface area is 158 Å². The van der Waals surface area contributed by atoms with Crippen molar-refractivity contribution in [1.82, 2.24) is 19.9 Å². The molecule has 0 radical (unpaired) electrons. The van der Waals surface area contributed by atoms with Crippen LogP contribution in [-0.4, -0.2) is 55.8 Å². The summed E-state index contributed by atoms with van der Waals surface area (Å²) in [5, 5.41) is 6.48. The third-order valence-electron chi connectivity index (χ3n) is 4.80. The van der Waals surface area contributed by atoms with Crippen LogP contribution in [0.2, 0.25) is 0 Å². The average molecular weight is 392 g/mol. The Hall–Kier alpha value is -2.23. The van der Waals surface area contributed by atoms with Crippen molar-refractivity contribution in [2.24, 2.45) is 0 Å². The molecule has 3 N–H and O–H groups in total. The van der Waals surface area contributed by atoms with E-state index in [2.05, 4.69) is 15.6 Å². The zero-order valence-electron chi connectivity index (χ0n) is 15.4. The van der Waals surface area contributed by atoms with E-state index in [0.29, 0.717) is 30.5 Å². The van der Waals surface area contributed by atoms with E-state index >= 15 is 0 Å². The van der Waals surface area contributed by atoms with E-state index in [1.165, 1.54) is 28.6 Å². The monoisotopic (exact) mass is 392 g/mol. The lowest BCUT2D eigenvalue weighted by Crippen LogP contribution is -2.36. The van der Waals surface area contributed by atoms with Gasteiger partial charge in [-0.25, -0.2) is 8.42 Å². The van der Waals surface area contributed by atoms with Crippen molar-refractivity contribution in [3.05, 3.63) is 40.2 Å². The molecule has 1 saturated heterocycles. The van der Waals surface area contributed by atoms with Crippen molar-refractivity contribution < 1.29 is 13.2 Å². The molecule has 0 bridgehead atoms. The Kier molecular flexibility index (Phi) is 5.64. The van der Waals surface area contributed by atoms with Gasteiger partial charge in [0.25, 0.3) is 5.91 Å². The maximum Gasteiger partial charge on any atom is 0.252 e. The number of hydrogen-bond donors (Lipinski definition) is 3. The third kappa shape index (κ3) is 3.90. The quantitative estimate of drug-likeness (QED) is 0.668. The van der Waals surface area contributed by atoms with Crippen LogP contribution in [-0.2, 0) is 10.0 Å². The number of sulfonamides is 1. The highest BCUT2D eigenvalue weighted by Crippen LogP contribution is 2.23. The van der Waals surface area contributed by atoms with Gasteiger partial charge in [-0.2, -0.15) is 4.31 Å². The minimum atomic E-state index is -3.67. The van der Waals surface area contributed by atoms with Crippen LogP contribution in [0.1, 0.15) is 30.6 Å². The summed E-state index contributed by atoms with van der Waals surface area (Å²) in [7, 11) is -3.67. The van der Waals surface area contributed by atoms with Gasteiger partial charge in [0.2, 0.25) is 15.6 Å². The number of fused-ring (bicyclic) bond motifs is 1. The number of nitrogens with zero attached hydrogens (tertiary/aromatic N) is 1. The van der Waals surface area contributed by atoms with Gasteiger partial charge < -0.3 is 15.6 Å². The van der Waals surface area contributed by atoms with E-state index < -0.39 is 15.6 Å². The molecule has 27 heavy (non-hydrogen) atoms. The van der Waals surface area contributed by atoms with Crippen LogP contribution < -0.4 is 16.2 Å². The summed E-state index contributed by atoms with van der Waals surface area (Å²) in [6, 6.07) is 5.65. The molecule has 2 aromatic rings. The first kappa shape index (κ1) is 19.5. The maximum absolute atomic E-state index is 12.8. The van der Waals surface area contributed by atoms with Crippen LogP contribution in [0.15, 0.2) is 34.0 Å². The Morgan fingerprint density at radius 1 is 1.26 bits per heavy atom. The van der Waals surface area contributed by atoms with Crippen LogP contribution in [0.3, 0.4) is 0 Å². The fraction of sp³-hybridized carbons (Fsp3) is 0.444. The Balaban J connectivity index is 2.08. The molecule has 9 heteroatoms. The van der Waals surface area contributed by atoms with Crippen LogP contribution >= 0.6 is 0 Å². The standard InChI is InChI=1S/C18H24N4O4S/c1-3-22(4-2)27(25,26)13-5-6-16-14(9-13)15(10-17(23)21-16)18(24)20-12-7-8-19-11-12/h5-6,9-10,12,19H,3-4,7-8,11H2,1-2H3,(H,20,24)(H,21,23). The van der Waals surface area contributed by atoms with E-state index in [9.17, 15) is 18.0 Å². The third-order valence-corrected chi connectivity index (χ3v) is 6.84. The Morgan fingerprint density at radius 2 is 2.00 bits per heavy atom. The smallest absolute Gasteiger partial charge is 0.252 e. The molecule has 1 fully saturated rings.